The second kappa shape index (κ2) is 4.36. The first-order valence-electron chi connectivity index (χ1n) is 5.54. The van der Waals surface area contributed by atoms with Crippen molar-refractivity contribution in [2.75, 3.05) is 11.4 Å². The van der Waals surface area contributed by atoms with Gasteiger partial charge in [-0.25, -0.2) is 4.79 Å². The Balaban J connectivity index is 2.27. The molecule has 7 nitrogen and oxygen atoms in total. The molecule has 1 aliphatic rings. The molecule has 100 valence electrons. The van der Waals surface area contributed by atoms with Crippen LogP contribution >= 0.6 is 0 Å². The van der Waals surface area contributed by atoms with Gasteiger partial charge in [0.05, 0.1) is 0 Å². The summed E-state index contributed by atoms with van der Waals surface area (Å²) in [5, 5.41) is 18.6. The molecule has 1 atom stereocenters. The summed E-state index contributed by atoms with van der Waals surface area (Å²) in [6, 6.07) is 5.82. The number of hydrogen-bond donors (Lipinski definition) is 3. The number of anilines is 1. The summed E-state index contributed by atoms with van der Waals surface area (Å²) in [6.45, 7) is 0.0948. The molecule has 0 aliphatic carbocycles. The van der Waals surface area contributed by atoms with Crippen LogP contribution in [0.15, 0.2) is 24.3 Å². The van der Waals surface area contributed by atoms with Gasteiger partial charge in [0.15, 0.2) is 0 Å². The van der Waals surface area contributed by atoms with Crippen LogP contribution in [-0.4, -0.2) is 40.1 Å². The molecule has 1 aromatic carbocycles. The van der Waals surface area contributed by atoms with E-state index in [0.717, 1.165) is 0 Å². The Hall–Kier alpha value is -2.41. The molecular formula is C12H12N2O5. The number of nitrogens with zero attached hydrogens (tertiary/aromatic N) is 1. The smallest absolute Gasteiger partial charge is 0.345 e. The molecule has 4 N–H and O–H groups in total. The molecule has 1 fully saturated rings. The van der Waals surface area contributed by atoms with Crippen molar-refractivity contribution in [3.63, 3.8) is 0 Å². The molecule has 0 radical (unpaired) electrons. The van der Waals surface area contributed by atoms with Crippen LogP contribution in [0.5, 0.6) is 0 Å². The lowest BCUT2D eigenvalue weighted by atomic mass is 10.0. The molecular weight excluding hydrogens is 252 g/mol. The molecule has 0 aromatic heterocycles. The molecule has 19 heavy (non-hydrogen) atoms. The van der Waals surface area contributed by atoms with Gasteiger partial charge in [-0.3, -0.25) is 9.59 Å². The van der Waals surface area contributed by atoms with Crippen LogP contribution in [0.4, 0.5) is 5.69 Å². The average molecular weight is 264 g/mol. The Labute approximate surface area is 108 Å². The quantitative estimate of drug-likeness (QED) is 0.626. The second-order valence-electron chi connectivity index (χ2n) is 4.28. The van der Waals surface area contributed by atoms with Crippen LogP contribution in [0.25, 0.3) is 0 Å². The van der Waals surface area contributed by atoms with E-state index in [4.69, 9.17) is 10.8 Å². The highest BCUT2D eigenvalue weighted by Gasteiger charge is 2.52. The minimum Gasteiger partial charge on any atom is -0.479 e. The topological polar surface area (TPSA) is 121 Å². The summed E-state index contributed by atoms with van der Waals surface area (Å²) in [5.41, 5.74) is 3.41. The summed E-state index contributed by atoms with van der Waals surface area (Å²) < 4.78 is 0. The number of carbonyl (C=O) groups is 3. The fourth-order valence-corrected chi connectivity index (χ4v) is 1.96. The van der Waals surface area contributed by atoms with Crippen LogP contribution in [0.3, 0.4) is 0 Å². The second-order valence-corrected chi connectivity index (χ2v) is 4.28. The van der Waals surface area contributed by atoms with Crippen LogP contribution in [0.1, 0.15) is 16.8 Å². The largest absolute Gasteiger partial charge is 0.479 e. The van der Waals surface area contributed by atoms with Gasteiger partial charge >= 0.3 is 5.97 Å². The molecule has 1 aromatic rings. The number of amides is 2. The first kappa shape index (κ1) is 13.0. The average Bonchev–Trinajstić information content (AvgIpc) is 2.68. The van der Waals surface area contributed by atoms with E-state index < -0.39 is 23.4 Å². The van der Waals surface area contributed by atoms with Crippen LogP contribution in [0.2, 0.25) is 0 Å². The van der Waals surface area contributed by atoms with E-state index in [1.54, 1.807) is 0 Å². The van der Waals surface area contributed by atoms with Crippen molar-refractivity contribution in [3.8, 4) is 0 Å². The lowest BCUT2D eigenvalue weighted by molar-refractivity contribution is -0.162. The lowest BCUT2D eigenvalue weighted by Gasteiger charge is -2.19. The number of aliphatic hydroxyl groups is 1. The molecule has 2 rings (SSSR count). The highest BCUT2D eigenvalue weighted by molar-refractivity contribution is 6.14. The fourth-order valence-electron chi connectivity index (χ4n) is 1.96. The van der Waals surface area contributed by atoms with Gasteiger partial charge in [0.1, 0.15) is 0 Å². The number of rotatable bonds is 3. The first-order valence-corrected chi connectivity index (χ1v) is 5.54. The number of aliphatic carboxylic acids is 1. The normalized spacial score (nSPS) is 22.6. The molecule has 0 unspecified atom stereocenters. The van der Waals surface area contributed by atoms with Crippen molar-refractivity contribution in [2.24, 2.45) is 5.73 Å². The van der Waals surface area contributed by atoms with E-state index in [-0.39, 0.29) is 18.5 Å². The van der Waals surface area contributed by atoms with Crippen molar-refractivity contribution >= 4 is 23.5 Å². The predicted molar refractivity (Wildman–Crippen MR) is 64.5 cm³/mol. The molecule has 1 heterocycles. The van der Waals surface area contributed by atoms with Crippen LogP contribution < -0.4 is 10.6 Å². The van der Waals surface area contributed by atoms with Gasteiger partial charge < -0.3 is 20.8 Å². The third-order valence-electron chi connectivity index (χ3n) is 3.11. The van der Waals surface area contributed by atoms with Gasteiger partial charge in [-0.05, 0) is 24.3 Å². The molecule has 1 saturated heterocycles. The molecule has 0 bridgehead atoms. The zero-order valence-corrected chi connectivity index (χ0v) is 9.87. The van der Waals surface area contributed by atoms with Gasteiger partial charge in [-0.2, -0.15) is 0 Å². The Morgan fingerprint density at radius 3 is 2.26 bits per heavy atom. The molecule has 0 saturated carbocycles. The summed E-state index contributed by atoms with van der Waals surface area (Å²) in [7, 11) is 0. The van der Waals surface area contributed by atoms with Crippen molar-refractivity contribution in [3.05, 3.63) is 29.8 Å². The van der Waals surface area contributed by atoms with Crippen LogP contribution in [0, 0.1) is 0 Å². The maximum absolute atomic E-state index is 11.9. The number of nitrogens with two attached hydrogens (primary N) is 1. The molecule has 1 aliphatic heterocycles. The highest BCUT2D eigenvalue weighted by Crippen LogP contribution is 2.28. The summed E-state index contributed by atoms with van der Waals surface area (Å²) >= 11 is 0. The number of hydrogen-bond acceptors (Lipinski definition) is 4. The van der Waals surface area contributed by atoms with Crippen molar-refractivity contribution in [1.29, 1.82) is 0 Å². The zero-order valence-electron chi connectivity index (χ0n) is 9.87. The molecule has 7 heteroatoms. The number of carboxylic acids is 1. The molecule has 0 spiro atoms. The van der Waals surface area contributed by atoms with Gasteiger partial charge in [0, 0.05) is 24.2 Å². The third kappa shape index (κ3) is 2.04. The minimum atomic E-state index is -2.37. The standard InChI is InChI=1S/C12H12N2O5/c13-9(15)7-1-3-8(4-2-7)14-6-5-12(19,10(14)16)11(17)18/h1-4,19H,5-6H2,(H2,13,15)(H,17,18)/t12-/m1/s1. The monoisotopic (exact) mass is 264 g/mol. The van der Waals surface area contributed by atoms with Crippen LogP contribution in [-0.2, 0) is 9.59 Å². The predicted octanol–water partition coefficient (Wildman–Crippen LogP) is -0.662. The van der Waals surface area contributed by atoms with Gasteiger partial charge in [0.2, 0.25) is 11.5 Å². The number of carboxylic acid groups (broad SMARTS) is 1. The lowest BCUT2D eigenvalue weighted by Crippen LogP contribution is -2.46. The summed E-state index contributed by atoms with van der Waals surface area (Å²) in [5.74, 6) is -3.04. The van der Waals surface area contributed by atoms with Gasteiger partial charge in [-0.1, -0.05) is 0 Å². The van der Waals surface area contributed by atoms with E-state index in [9.17, 15) is 19.5 Å². The van der Waals surface area contributed by atoms with Crippen molar-refractivity contribution < 1.29 is 24.6 Å². The number of primary amides is 1. The van der Waals surface area contributed by atoms with E-state index in [1.165, 1.54) is 29.2 Å². The first-order chi connectivity index (χ1) is 8.86. The highest BCUT2D eigenvalue weighted by atomic mass is 16.4. The summed E-state index contributed by atoms with van der Waals surface area (Å²) in [6.07, 6.45) is -0.182. The van der Waals surface area contributed by atoms with E-state index in [1.807, 2.05) is 0 Å². The number of carbonyl (C=O) groups excluding carboxylic acids is 2. The zero-order chi connectivity index (χ0) is 14.2. The van der Waals surface area contributed by atoms with Gasteiger partial charge in [-0.15, -0.1) is 0 Å². The Kier molecular flexibility index (Phi) is 2.99. The van der Waals surface area contributed by atoms with Gasteiger partial charge in [0.25, 0.3) is 5.91 Å². The Morgan fingerprint density at radius 2 is 1.84 bits per heavy atom. The maximum Gasteiger partial charge on any atom is 0.345 e. The SMILES string of the molecule is NC(=O)c1ccc(N2CC[C@](O)(C(=O)O)C2=O)cc1. The summed E-state index contributed by atoms with van der Waals surface area (Å²) in [4.78, 5) is 34.9. The minimum absolute atomic E-state index is 0.0948. The molecule has 2 amide bonds. The maximum atomic E-state index is 11.9. The van der Waals surface area contributed by atoms with E-state index in [0.29, 0.717) is 5.69 Å². The van der Waals surface area contributed by atoms with E-state index >= 15 is 0 Å². The Bertz CT molecular complexity index is 554. The Morgan fingerprint density at radius 1 is 1.26 bits per heavy atom. The van der Waals surface area contributed by atoms with E-state index in [2.05, 4.69) is 0 Å². The number of benzene rings is 1. The van der Waals surface area contributed by atoms with Crippen molar-refractivity contribution in [1.82, 2.24) is 0 Å². The third-order valence-corrected chi connectivity index (χ3v) is 3.11. The fraction of sp³-hybridized carbons (Fsp3) is 0.250. The van der Waals surface area contributed by atoms with Crippen molar-refractivity contribution in [2.45, 2.75) is 12.0 Å².